The minimum atomic E-state index is -1.67. The average molecular weight is 1530 g/mol. The molecule has 14 N–H and O–H groups in total. The molecule has 0 unspecified atom stereocenters. The number of ether oxygens (including phenoxy) is 9. The molecule has 5 aliphatic carbocycles. The Labute approximate surface area is 629 Å². The van der Waals surface area contributed by atoms with Gasteiger partial charge in [0.05, 0.1) is 67.6 Å². The van der Waals surface area contributed by atoms with Gasteiger partial charge in [-0.25, -0.2) is 4.79 Å². The first-order valence-electron chi connectivity index (χ1n) is 40.5. The van der Waals surface area contributed by atoms with E-state index in [0.717, 1.165) is 77.0 Å². The second-order valence-corrected chi connectivity index (χ2v) is 32.7. The van der Waals surface area contributed by atoms with Crippen LogP contribution < -0.4 is 21.3 Å². The Morgan fingerprint density at radius 1 is 0.477 bits per heavy atom. The number of Topliss-reactive ketones (excluding diaryl/α,β-unsaturated/α-hetero) is 1. The van der Waals surface area contributed by atoms with Crippen LogP contribution in [0.3, 0.4) is 0 Å². The highest BCUT2D eigenvalue weighted by Gasteiger charge is 2.55. The standard InChI is InChI=1S/C76H128N6O25/c1-7-45-32-47(34-52(67(45)106-74-64(93)62(91)58(87)40(4)99-74)101-51-36-49(37-83)60(89)69(57(51)80-42(6)85)103-55(72(97)82-28-17-29-82)31-44-20-13-10-14-21-44)50(86)22-15-23-78-76(98)79-25-24-77-70(95)48-33-46(8-2)68(107-75-65(94)63(92)59(88)41(5)100-75)53(35-48)104-73-39(3)66(61(90)56(38-84)105-73)102-54(71(96)81-26-16-27-81)30-43-18-11-9-12-19-43/h39-41,43-49,51-69,73-75,83-84,87-94H,7-38H2,1-6H3,(H,77,95)(H,80,85)(H2,78,79,98)/t39-,40+,41+,45+,46+,47-,48-,49-,51-,52-,53-,54+,55+,56-,57+,58-,59-,60+,61+,62-,63-,64+,65+,66-,67-,68-,69-,73-,74+,75+/m1/s1. The van der Waals surface area contributed by atoms with E-state index in [9.17, 15) is 79.8 Å². The predicted octanol–water partition coefficient (Wildman–Crippen LogP) is 0.693. The average Bonchev–Trinajstić information content (AvgIpc) is 0.778. The number of amides is 6. The van der Waals surface area contributed by atoms with Crippen LogP contribution in [0.4, 0.5) is 4.79 Å². The summed E-state index contributed by atoms with van der Waals surface area (Å²) in [4.78, 5) is 87.1. The quantitative estimate of drug-likeness (QED) is 0.0412. The number of urea groups is 1. The molecule has 6 amide bonds. The van der Waals surface area contributed by atoms with E-state index in [-0.39, 0.29) is 93.5 Å². The van der Waals surface area contributed by atoms with Gasteiger partial charge < -0.3 is 125 Å². The molecule has 0 aromatic heterocycles. The number of hydrogen-bond donors (Lipinski definition) is 14. The Morgan fingerprint density at radius 3 is 1.47 bits per heavy atom. The van der Waals surface area contributed by atoms with E-state index in [1.54, 1.807) is 16.7 Å². The molecule has 107 heavy (non-hydrogen) atoms. The Bertz CT molecular complexity index is 2820. The molecule has 30 atom stereocenters. The van der Waals surface area contributed by atoms with Crippen molar-refractivity contribution in [3.05, 3.63) is 0 Å². The van der Waals surface area contributed by atoms with Gasteiger partial charge in [0.25, 0.3) is 11.8 Å². The third-order valence-electron chi connectivity index (χ3n) is 25.1. The zero-order chi connectivity index (χ0) is 76.9. The zero-order valence-electron chi connectivity index (χ0n) is 63.6. The fraction of sp³-hybridized carbons (Fsp3) is 0.921. The van der Waals surface area contributed by atoms with Crippen LogP contribution in [-0.2, 0) is 66.6 Å². The van der Waals surface area contributed by atoms with Gasteiger partial charge in [-0.3, -0.25) is 24.0 Å². The molecule has 0 aromatic carbocycles. The van der Waals surface area contributed by atoms with E-state index in [1.165, 1.54) is 20.8 Å². The third kappa shape index (κ3) is 21.5. The number of aliphatic hydroxyl groups excluding tert-OH is 10. The van der Waals surface area contributed by atoms with Gasteiger partial charge in [0.1, 0.15) is 72.9 Å². The topological polar surface area (TPSA) is 442 Å². The lowest BCUT2D eigenvalue weighted by molar-refractivity contribution is -0.343. The maximum Gasteiger partial charge on any atom is 0.314 e. The number of ketones is 1. The van der Waals surface area contributed by atoms with Crippen molar-refractivity contribution in [1.29, 1.82) is 0 Å². The van der Waals surface area contributed by atoms with Crippen molar-refractivity contribution in [2.45, 2.75) is 336 Å². The molecule has 0 spiro atoms. The highest BCUT2D eigenvalue weighted by molar-refractivity contribution is 5.83. The van der Waals surface area contributed by atoms with Gasteiger partial charge in [0.15, 0.2) is 18.9 Å². The summed E-state index contributed by atoms with van der Waals surface area (Å²) < 4.78 is 58.8. The molecule has 5 aliphatic heterocycles. The summed E-state index contributed by atoms with van der Waals surface area (Å²) in [5.74, 6) is -4.57. The summed E-state index contributed by atoms with van der Waals surface area (Å²) in [6.45, 7) is 11.4. The fourth-order valence-corrected chi connectivity index (χ4v) is 18.2. The Kier molecular flexibility index (Phi) is 32.1. The van der Waals surface area contributed by atoms with Crippen molar-refractivity contribution < 1.29 is 122 Å². The highest BCUT2D eigenvalue weighted by Crippen LogP contribution is 2.45. The molecular weight excluding hydrogens is 1400 g/mol. The SMILES string of the molecule is CC[C@H]1C[C@@H](C(=O)NCCNC(=O)NCCCC(=O)[C@@H]2C[C@H](CC)[C@@H](O[C@@H]3O[C@@H](C)[C@@H](O)[C@@H](O)[C@@H]3O)[C@H](O[C@@H]3C[C@H](CO)[C@H](O)[C@H](O[C@@H](CC4CCCCC4)C(=O)N4CCC4)[C@H]3NC(C)=O)C2)C[C@@H](O[C@@H]2O[C@H](CO)[C@H](O)[C@H](O[C@@H](CC3CCCCC3)C(=O)N3CCC3)[C@H]2C)[C@@H]1O[C@@H]1O[C@@H](C)[C@@H](O)[C@@H](O)[C@@H]1O. The number of likely N-dealkylation sites (tertiary alicyclic amines) is 2. The van der Waals surface area contributed by atoms with E-state index >= 15 is 0 Å². The Morgan fingerprint density at radius 2 is 0.972 bits per heavy atom. The summed E-state index contributed by atoms with van der Waals surface area (Å²) in [6.07, 6.45) is -13.2. The molecule has 10 aliphatic rings. The second kappa shape index (κ2) is 40.2. The van der Waals surface area contributed by atoms with Crippen molar-refractivity contribution in [3.8, 4) is 0 Å². The van der Waals surface area contributed by atoms with Crippen molar-refractivity contribution in [3.63, 3.8) is 0 Å². The zero-order valence-corrected chi connectivity index (χ0v) is 63.6. The minimum Gasteiger partial charge on any atom is -0.396 e. The molecule has 10 rings (SSSR count). The molecule has 5 heterocycles. The van der Waals surface area contributed by atoms with Crippen molar-refractivity contribution in [2.24, 2.45) is 47.3 Å². The molecule has 31 nitrogen and oxygen atoms in total. The van der Waals surface area contributed by atoms with Crippen molar-refractivity contribution >= 4 is 35.4 Å². The lowest BCUT2D eigenvalue weighted by atomic mass is 9.73. The normalized spacial score (nSPS) is 40.1. The lowest BCUT2D eigenvalue weighted by Gasteiger charge is -2.50. The maximum absolute atomic E-state index is 14.5. The highest BCUT2D eigenvalue weighted by atomic mass is 16.7. The molecule has 0 bridgehead atoms. The van der Waals surface area contributed by atoms with Crippen LogP contribution in [0.1, 0.15) is 189 Å². The van der Waals surface area contributed by atoms with Gasteiger partial charge in [-0.2, -0.15) is 0 Å². The number of aliphatic hydroxyl groups is 10. The predicted molar refractivity (Wildman–Crippen MR) is 381 cm³/mol. The van der Waals surface area contributed by atoms with Crippen molar-refractivity contribution in [1.82, 2.24) is 31.1 Å². The number of hydrogen-bond acceptors (Lipinski definition) is 25. The number of carbonyl (C=O) groups excluding carboxylic acids is 6. The van der Waals surface area contributed by atoms with Gasteiger partial charge in [-0.1, -0.05) is 97.8 Å². The Hall–Kier alpha value is -3.94. The fourth-order valence-electron chi connectivity index (χ4n) is 18.2. The lowest BCUT2D eigenvalue weighted by Crippen LogP contribution is -2.65. The molecule has 0 radical (unpaired) electrons. The molecule has 0 aromatic rings. The number of nitrogens with zero attached hydrogens (tertiary/aromatic N) is 2. The van der Waals surface area contributed by atoms with Crippen LogP contribution in [-0.4, -0.2) is 302 Å². The largest absolute Gasteiger partial charge is 0.396 e. The summed E-state index contributed by atoms with van der Waals surface area (Å²) in [5, 5.41) is 122. The van der Waals surface area contributed by atoms with Crippen LogP contribution in [0, 0.1) is 47.3 Å². The van der Waals surface area contributed by atoms with Gasteiger partial charge in [-0.05, 0) is 102 Å². The first-order valence-corrected chi connectivity index (χ1v) is 40.5. The van der Waals surface area contributed by atoms with Crippen LogP contribution in [0.15, 0.2) is 0 Å². The summed E-state index contributed by atoms with van der Waals surface area (Å²) in [7, 11) is 0. The van der Waals surface area contributed by atoms with Gasteiger partial charge in [0, 0.05) is 89.4 Å². The molecule has 5 saturated heterocycles. The summed E-state index contributed by atoms with van der Waals surface area (Å²) >= 11 is 0. The van der Waals surface area contributed by atoms with Gasteiger partial charge in [-0.15, -0.1) is 0 Å². The van der Waals surface area contributed by atoms with E-state index in [0.29, 0.717) is 58.3 Å². The van der Waals surface area contributed by atoms with E-state index in [2.05, 4.69) is 21.3 Å². The second-order valence-electron chi connectivity index (χ2n) is 32.7. The smallest absolute Gasteiger partial charge is 0.314 e. The van der Waals surface area contributed by atoms with Crippen molar-refractivity contribution in [2.75, 3.05) is 59.0 Å². The number of nitrogens with one attached hydrogen (secondary N) is 4. The molecule has 612 valence electrons. The van der Waals surface area contributed by atoms with E-state index < -0.39 is 208 Å². The number of carbonyl (C=O) groups is 6. The third-order valence-corrected chi connectivity index (χ3v) is 25.1. The van der Waals surface area contributed by atoms with E-state index in [1.807, 2.05) is 13.8 Å². The van der Waals surface area contributed by atoms with Crippen LogP contribution in [0.5, 0.6) is 0 Å². The molecule has 10 fully saturated rings. The van der Waals surface area contributed by atoms with Gasteiger partial charge in [0.2, 0.25) is 11.8 Å². The first kappa shape index (κ1) is 85.5. The molecule has 31 heteroatoms. The Balaban J connectivity index is 0.764. The van der Waals surface area contributed by atoms with Gasteiger partial charge >= 0.3 is 6.03 Å². The number of rotatable bonds is 32. The van der Waals surface area contributed by atoms with E-state index in [4.69, 9.17) is 42.6 Å². The van der Waals surface area contributed by atoms with Crippen LogP contribution in [0.25, 0.3) is 0 Å². The van der Waals surface area contributed by atoms with Crippen LogP contribution >= 0.6 is 0 Å². The monoisotopic (exact) mass is 1520 g/mol. The summed E-state index contributed by atoms with van der Waals surface area (Å²) in [5.41, 5.74) is 0. The maximum atomic E-state index is 14.5. The first-order chi connectivity index (χ1) is 51.3. The van der Waals surface area contributed by atoms with Crippen LogP contribution in [0.2, 0.25) is 0 Å². The summed E-state index contributed by atoms with van der Waals surface area (Å²) in [6, 6.07) is -1.61. The molecular formula is C76H128N6O25. The minimum absolute atomic E-state index is 0.00991. The molecule has 5 saturated carbocycles.